The van der Waals surface area contributed by atoms with E-state index < -0.39 is 22.5 Å². The third-order valence-corrected chi connectivity index (χ3v) is 8.20. The van der Waals surface area contributed by atoms with E-state index in [1.807, 2.05) is 61.5 Å². The summed E-state index contributed by atoms with van der Waals surface area (Å²) in [6, 6.07) is 30.3. The van der Waals surface area contributed by atoms with Gasteiger partial charge in [0.15, 0.2) is 0 Å². The number of anilines is 1. The summed E-state index contributed by atoms with van der Waals surface area (Å²) in [5.74, 6) is 1.46. The van der Waals surface area contributed by atoms with Crippen molar-refractivity contribution in [2.75, 3.05) is 24.0 Å². The third-order valence-electron chi connectivity index (χ3n) is 6.41. The topological polar surface area (TPSA) is 84.9 Å². The zero-order valence-electron chi connectivity index (χ0n) is 23.8. The second-order valence-electron chi connectivity index (χ2n) is 10.7. The van der Waals surface area contributed by atoms with Crippen LogP contribution in [0.3, 0.4) is 0 Å². The predicted molar refractivity (Wildman–Crippen MR) is 162 cm³/mol. The van der Waals surface area contributed by atoms with Gasteiger partial charge in [-0.25, -0.2) is 8.42 Å². The van der Waals surface area contributed by atoms with Crippen molar-refractivity contribution in [3.05, 3.63) is 114 Å². The molecular formula is C33H36N2O5S. The van der Waals surface area contributed by atoms with Crippen LogP contribution in [0.25, 0.3) is 0 Å². The van der Waals surface area contributed by atoms with Gasteiger partial charge >= 0.3 is 0 Å². The van der Waals surface area contributed by atoms with E-state index in [4.69, 9.17) is 9.47 Å². The lowest BCUT2D eigenvalue weighted by Crippen LogP contribution is -2.41. The Hall–Kier alpha value is -4.30. The number of hydrogen-bond donors (Lipinski definition) is 1. The summed E-state index contributed by atoms with van der Waals surface area (Å²) < 4.78 is 40.0. The number of amides is 1. The summed E-state index contributed by atoms with van der Waals surface area (Å²) >= 11 is 0. The molecule has 7 nitrogen and oxygen atoms in total. The van der Waals surface area contributed by atoms with Crippen LogP contribution in [0.5, 0.6) is 17.2 Å². The van der Waals surface area contributed by atoms with Crippen LogP contribution < -0.4 is 19.1 Å². The molecule has 0 atom stereocenters. The molecule has 0 heterocycles. The molecule has 214 valence electrons. The maximum atomic E-state index is 13.7. The standard InChI is InChI=1S/C33H36N2O5S/c1-25-10-20-31(21-11-25)41(37,38)35(27-14-18-30(19-15-27)40-29-8-6-5-7-9-29)24-32(36)34-22-23-39-28-16-12-26(13-17-28)33(2,3)4/h5-21H,22-24H2,1-4H3,(H,34,36). The number of aryl methyl sites for hydroxylation is 1. The quantitative estimate of drug-likeness (QED) is 0.208. The van der Waals surface area contributed by atoms with Crippen molar-refractivity contribution < 1.29 is 22.7 Å². The Labute approximate surface area is 242 Å². The molecule has 4 aromatic rings. The highest BCUT2D eigenvalue weighted by Crippen LogP contribution is 2.28. The lowest BCUT2D eigenvalue weighted by Gasteiger charge is -2.24. The van der Waals surface area contributed by atoms with Gasteiger partial charge < -0.3 is 14.8 Å². The van der Waals surface area contributed by atoms with Crippen LogP contribution in [-0.2, 0) is 20.2 Å². The molecule has 0 unspecified atom stereocenters. The van der Waals surface area contributed by atoms with E-state index in [-0.39, 0.29) is 23.5 Å². The molecule has 0 radical (unpaired) electrons. The van der Waals surface area contributed by atoms with E-state index in [0.29, 0.717) is 22.9 Å². The van der Waals surface area contributed by atoms with Crippen molar-refractivity contribution in [3.8, 4) is 17.2 Å². The van der Waals surface area contributed by atoms with Gasteiger partial charge in [0, 0.05) is 0 Å². The van der Waals surface area contributed by atoms with Gasteiger partial charge in [-0.05, 0) is 78.6 Å². The van der Waals surface area contributed by atoms with Crippen molar-refractivity contribution in [3.63, 3.8) is 0 Å². The number of carbonyl (C=O) groups excluding carboxylic acids is 1. The predicted octanol–water partition coefficient (Wildman–Crippen LogP) is 6.48. The van der Waals surface area contributed by atoms with Crippen molar-refractivity contribution in [1.29, 1.82) is 0 Å². The van der Waals surface area contributed by atoms with E-state index in [1.165, 1.54) is 5.56 Å². The number of ether oxygens (including phenoxy) is 2. The first-order valence-electron chi connectivity index (χ1n) is 13.4. The van der Waals surface area contributed by atoms with E-state index in [9.17, 15) is 13.2 Å². The summed E-state index contributed by atoms with van der Waals surface area (Å²) in [5.41, 5.74) is 2.53. The zero-order valence-corrected chi connectivity index (χ0v) is 24.6. The molecule has 0 aliphatic rings. The van der Waals surface area contributed by atoms with Crippen LogP contribution in [0, 0.1) is 6.92 Å². The Bertz CT molecular complexity index is 1530. The first-order chi connectivity index (χ1) is 19.5. The molecule has 0 spiro atoms. The van der Waals surface area contributed by atoms with Crippen LogP contribution in [-0.4, -0.2) is 34.0 Å². The minimum absolute atomic E-state index is 0.0481. The molecule has 0 aromatic heterocycles. The molecule has 4 aromatic carbocycles. The number of benzene rings is 4. The number of sulfonamides is 1. The maximum Gasteiger partial charge on any atom is 0.264 e. The highest BCUT2D eigenvalue weighted by molar-refractivity contribution is 7.92. The largest absolute Gasteiger partial charge is 0.492 e. The van der Waals surface area contributed by atoms with Crippen LogP contribution in [0.2, 0.25) is 0 Å². The van der Waals surface area contributed by atoms with Gasteiger partial charge in [0.25, 0.3) is 10.0 Å². The Kier molecular flexibility index (Phi) is 9.35. The molecule has 0 aliphatic heterocycles. The SMILES string of the molecule is Cc1ccc(S(=O)(=O)N(CC(=O)NCCOc2ccc(C(C)(C)C)cc2)c2ccc(Oc3ccccc3)cc2)cc1. The highest BCUT2D eigenvalue weighted by atomic mass is 32.2. The van der Waals surface area contributed by atoms with E-state index in [1.54, 1.807) is 48.5 Å². The Morgan fingerprint density at radius 2 is 1.37 bits per heavy atom. The molecule has 0 fully saturated rings. The second kappa shape index (κ2) is 12.9. The van der Waals surface area contributed by atoms with Gasteiger partial charge in [0.1, 0.15) is 30.4 Å². The van der Waals surface area contributed by atoms with E-state index >= 15 is 0 Å². The van der Waals surface area contributed by atoms with Gasteiger partial charge in [-0.15, -0.1) is 0 Å². The first-order valence-corrected chi connectivity index (χ1v) is 14.9. The van der Waals surface area contributed by atoms with Crippen LogP contribution in [0.4, 0.5) is 5.69 Å². The molecule has 4 rings (SSSR count). The smallest absolute Gasteiger partial charge is 0.264 e. The van der Waals surface area contributed by atoms with Gasteiger partial charge in [-0.3, -0.25) is 9.10 Å². The monoisotopic (exact) mass is 572 g/mol. The molecular weight excluding hydrogens is 536 g/mol. The fourth-order valence-electron chi connectivity index (χ4n) is 4.05. The van der Waals surface area contributed by atoms with E-state index in [2.05, 4.69) is 26.1 Å². The number of carbonyl (C=O) groups is 1. The lowest BCUT2D eigenvalue weighted by molar-refractivity contribution is -0.119. The van der Waals surface area contributed by atoms with Gasteiger partial charge in [-0.1, -0.05) is 68.8 Å². The second-order valence-corrected chi connectivity index (χ2v) is 12.6. The number of nitrogens with zero attached hydrogens (tertiary/aromatic N) is 1. The minimum atomic E-state index is -4.03. The summed E-state index contributed by atoms with van der Waals surface area (Å²) in [4.78, 5) is 13.0. The molecule has 1 N–H and O–H groups in total. The maximum absolute atomic E-state index is 13.7. The zero-order chi connectivity index (χ0) is 29.5. The number of rotatable bonds is 11. The van der Waals surface area contributed by atoms with Crippen molar-refractivity contribution in [2.45, 2.75) is 38.0 Å². The highest BCUT2D eigenvalue weighted by Gasteiger charge is 2.27. The normalized spacial score (nSPS) is 11.5. The molecule has 0 aliphatic carbocycles. The van der Waals surface area contributed by atoms with Crippen LogP contribution in [0.15, 0.2) is 108 Å². The van der Waals surface area contributed by atoms with Gasteiger partial charge in [0.2, 0.25) is 5.91 Å². The first kappa shape index (κ1) is 29.7. The summed E-state index contributed by atoms with van der Waals surface area (Å²) in [5, 5.41) is 2.77. The molecule has 1 amide bonds. The molecule has 0 saturated heterocycles. The van der Waals surface area contributed by atoms with Crippen molar-refractivity contribution in [2.24, 2.45) is 0 Å². The molecule has 0 bridgehead atoms. The Morgan fingerprint density at radius 3 is 1.98 bits per heavy atom. The summed E-state index contributed by atoms with van der Waals surface area (Å²) in [6.45, 7) is 8.40. The Balaban J connectivity index is 1.44. The van der Waals surface area contributed by atoms with Gasteiger partial charge in [-0.2, -0.15) is 0 Å². The van der Waals surface area contributed by atoms with Crippen molar-refractivity contribution in [1.82, 2.24) is 5.32 Å². The number of hydrogen-bond acceptors (Lipinski definition) is 5. The van der Waals surface area contributed by atoms with E-state index in [0.717, 1.165) is 9.87 Å². The van der Waals surface area contributed by atoms with Crippen molar-refractivity contribution >= 4 is 21.6 Å². The average molecular weight is 573 g/mol. The minimum Gasteiger partial charge on any atom is -0.492 e. The Morgan fingerprint density at radius 1 is 0.780 bits per heavy atom. The fraction of sp³-hybridized carbons (Fsp3) is 0.242. The average Bonchev–Trinajstić information content (AvgIpc) is 2.95. The summed E-state index contributed by atoms with van der Waals surface area (Å²) in [6.07, 6.45) is 0. The molecule has 0 saturated carbocycles. The molecule has 8 heteroatoms. The van der Waals surface area contributed by atoms with Gasteiger partial charge in [0.05, 0.1) is 17.1 Å². The number of para-hydroxylation sites is 1. The summed E-state index contributed by atoms with van der Waals surface area (Å²) in [7, 11) is -4.03. The number of nitrogens with one attached hydrogen (secondary N) is 1. The third kappa shape index (κ3) is 8.11. The fourth-order valence-corrected chi connectivity index (χ4v) is 5.48. The lowest BCUT2D eigenvalue weighted by atomic mass is 9.87. The molecule has 41 heavy (non-hydrogen) atoms. The van der Waals surface area contributed by atoms with Crippen LogP contribution in [0.1, 0.15) is 31.9 Å². The van der Waals surface area contributed by atoms with Crippen LogP contribution >= 0.6 is 0 Å².